The van der Waals surface area contributed by atoms with Crippen molar-refractivity contribution in [3.63, 3.8) is 0 Å². The van der Waals surface area contributed by atoms with Gasteiger partial charge in [0.25, 0.3) is 0 Å². The number of imidazole rings is 1. The van der Waals surface area contributed by atoms with E-state index in [4.69, 9.17) is 0 Å². The van der Waals surface area contributed by atoms with Gasteiger partial charge in [0.2, 0.25) is 0 Å². The molecule has 3 nitrogen and oxygen atoms in total. The monoisotopic (exact) mass is 325 g/mol. The highest BCUT2D eigenvalue weighted by Gasteiger charge is 2.06. The van der Waals surface area contributed by atoms with Crippen molar-refractivity contribution >= 4 is 11.3 Å². The van der Waals surface area contributed by atoms with Gasteiger partial charge in [0, 0.05) is 30.2 Å². The number of benzene rings is 1. The van der Waals surface area contributed by atoms with Crippen molar-refractivity contribution in [3.8, 4) is 11.3 Å². The Morgan fingerprint density at radius 3 is 2.71 bits per heavy atom. The molecule has 4 heteroatoms. The third kappa shape index (κ3) is 3.94. The lowest BCUT2D eigenvalue weighted by Gasteiger charge is -2.09. The number of nitrogens with one attached hydrogen (secondary N) is 1. The van der Waals surface area contributed by atoms with Crippen LogP contribution in [-0.2, 0) is 0 Å². The lowest BCUT2D eigenvalue weighted by Crippen LogP contribution is -2.09. The van der Waals surface area contributed by atoms with Crippen molar-refractivity contribution in [1.29, 1.82) is 0 Å². The first-order valence-electron chi connectivity index (χ1n) is 8.59. The maximum Gasteiger partial charge on any atom is 0.137 e. The summed E-state index contributed by atoms with van der Waals surface area (Å²) in [5, 5.41) is 3.28. The summed E-state index contributed by atoms with van der Waals surface area (Å²) >= 11 is 0. The zero-order chi connectivity index (χ0) is 16.9. The van der Waals surface area contributed by atoms with Crippen LogP contribution in [0.5, 0.6) is 0 Å². The minimum atomic E-state index is -0.705. The van der Waals surface area contributed by atoms with Gasteiger partial charge in [0.15, 0.2) is 0 Å². The molecule has 1 atom stereocenters. The maximum atomic E-state index is 13.5. The van der Waals surface area contributed by atoms with E-state index in [1.54, 1.807) is 0 Å². The second-order valence-electron chi connectivity index (χ2n) is 6.27. The largest absolute Gasteiger partial charge is 0.385 e. The molecule has 0 radical (unpaired) electrons. The van der Waals surface area contributed by atoms with E-state index in [1.807, 2.05) is 35.9 Å². The van der Waals surface area contributed by atoms with E-state index in [0.717, 1.165) is 29.0 Å². The smallest absolute Gasteiger partial charge is 0.137 e. The molecule has 0 amide bonds. The van der Waals surface area contributed by atoms with Crippen molar-refractivity contribution in [3.05, 3.63) is 54.4 Å². The van der Waals surface area contributed by atoms with E-state index in [9.17, 15) is 4.39 Å². The lowest BCUT2D eigenvalue weighted by molar-refractivity contribution is 0.300. The predicted octanol–water partition coefficient (Wildman–Crippen LogP) is 5.25. The summed E-state index contributed by atoms with van der Waals surface area (Å²) in [6, 6.07) is 12.3. The number of alkyl halides is 1. The maximum absolute atomic E-state index is 13.5. The minimum absolute atomic E-state index is 0.557. The predicted molar refractivity (Wildman–Crippen MR) is 98.3 cm³/mol. The second-order valence-corrected chi connectivity index (χ2v) is 6.27. The van der Waals surface area contributed by atoms with Gasteiger partial charge >= 0.3 is 0 Å². The van der Waals surface area contributed by atoms with Crippen LogP contribution in [0.1, 0.15) is 31.7 Å². The molecule has 1 aromatic carbocycles. The van der Waals surface area contributed by atoms with Crippen molar-refractivity contribution in [2.45, 2.75) is 39.3 Å². The van der Waals surface area contributed by atoms with Gasteiger partial charge in [-0.05, 0) is 49.6 Å². The number of hydrogen-bond acceptors (Lipinski definition) is 2. The molecule has 3 aromatic rings. The van der Waals surface area contributed by atoms with Gasteiger partial charge < -0.3 is 9.72 Å². The Hall–Kier alpha value is -2.36. The number of anilines is 1. The van der Waals surface area contributed by atoms with Crippen LogP contribution in [0.2, 0.25) is 0 Å². The summed E-state index contributed by atoms with van der Waals surface area (Å²) in [5.74, 6) is 0. The lowest BCUT2D eigenvalue weighted by atomic mass is 10.1. The number of aromatic nitrogens is 2. The van der Waals surface area contributed by atoms with Crippen LogP contribution in [0.25, 0.3) is 16.9 Å². The van der Waals surface area contributed by atoms with E-state index >= 15 is 0 Å². The Morgan fingerprint density at radius 2 is 1.96 bits per heavy atom. The molecule has 3 rings (SSSR count). The van der Waals surface area contributed by atoms with Gasteiger partial charge in [-0.15, -0.1) is 0 Å². The molecular weight excluding hydrogens is 301 g/mol. The first-order chi connectivity index (χ1) is 11.7. The Labute approximate surface area is 142 Å². The molecule has 0 aliphatic rings. The highest BCUT2D eigenvalue weighted by atomic mass is 19.1. The van der Waals surface area contributed by atoms with Crippen LogP contribution < -0.4 is 5.32 Å². The third-order valence-electron chi connectivity index (χ3n) is 4.18. The normalized spacial score (nSPS) is 12.5. The number of fused-ring (bicyclic) bond motifs is 1. The van der Waals surface area contributed by atoms with Gasteiger partial charge in [-0.2, -0.15) is 0 Å². The van der Waals surface area contributed by atoms with E-state index in [2.05, 4.69) is 41.5 Å². The molecule has 0 saturated carbocycles. The number of hydrogen-bond donors (Lipinski definition) is 1. The molecule has 0 bridgehead atoms. The summed E-state index contributed by atoms with van der Waals surface area (Å²) in [6.45, 7) is 4.74. The first-order valence-corrected chi connectivity index (χ1v) is 8.59. The van der Waals surface area contributed by atoms with Gasteiger partial charge in [0.1, 0.15) is 11.8 Å². The molecular formula is C20H24FN3. The van der Waals surface area contributed by atoms with Gasteiger partial charge in [-0.25, -0.2) is 9.37 Å². The first kappa shape index (κ1) is 16.5. The molecule has 2 heterocycles. The fourth-order valence-electron chi connectivity index (χ4n) is 2.81. The SMILES string of the molecule is CCCC(F)CCNc1ccc(-c2cn3ccc(C)cc3n2)cc1. The van der Waals surface area contributed by atoms with Crippen LogP contribution in [-0.4, -0.2) is 22.1 Å². The zero-order valence-electron chi connectivity index (χ0n) is 14.3. The average molecular weight is 325 g/mol. The molecule has 1 N–H and O–H groups in total. The Bertz CT molecular complexity index is 792. The van der Waals surface area contributed by atoms with E-state index < -0.39 is 6.17 Å². The van der Waals surface area contributed by atoms with Crippen LogP contribution in [0.15, 0.2) is 48.8 Å². The molecule has 0 aliphatic heterocycles. The molecule has 0 saturated heterocycles. The standard InChI is InChI=1S/C20H24FN3/c1-3-4-17(21)9-11-22-18-7-5-16(6-8-18)19-14-24-12-10-15(2)13-20(24)23-19/h5-8,10,12-14,17,22H,3-4,9,11H2,1-2H3. The van der Waals surface area contributed by atoms with E-state index in [1.165, 1.54) is 5.56 Å². The molecule has 2 aromatic heterocycles. The highest BCUT2D eigenvalue weighted by molar-refractivity contribution is 5.65. The van der Waals surface area contributed by atoms with Crippen molar-refractivity contribution in [2.75, 3.05) is 11.9 Å². The fraction of sp³-hybridized carbons (Fsp3) is 0.350. The molecule has 126 valence electrons. The van der Waals surface area contributed by atoms with Crippen LogP contribution in [0, 0.1) is 6.92 Å². The molecule has 0 aliphatic carbocycles. The Balaban J connectivity index is 1.65. The number of rotatable bonds is 7. The van der Waals surface area contributed by atoms with E-state index in [0.29, 0.717) is 19.4 Å². The summed E-state index contributed by atoms with van der Waals surface area (Å²) in [6.07, 6.45) is 5.46. The quantitative estimate of drug-likeness (QED) is 0.643. The highest BCUT2D eigenvalue weighted by Crippen LogP contribution is 2.22. The number of halogens is 1. The molecule has 0 fully saturated rings. The Morgan fingerprint density at radius 1 is 1.17 bits per heavy atom. The second kappa shape index (κ2) is 7.47. The molecule has 1 unspecified atom stereocenters. The van der Waals surface area contributed by atoms with Crippen LogP contribution >= 0.6 is 0 Å². The zero-order valence-corrected chi connectivity index (χ0v) is 14.3. The number of nitrogens with zero attached hydrogens (tertiary/aromatic N) is 2. The number of pyridine rings is 1. The van der Waals surface area contributed by atoms with Crippen molar-refractivity contribution < 1.29 is 4.39 Å². The van der Waals surface area contributed by atoms with Crippen molar-refractivity contribution in [1.82, 2.24) is 9.38 Å². The van der Waals surface area contributed by atoms with Crippen LogP contribution in [0.4, 0.5) is 10.1 Å². The fourth-order valence-corrected chi connectivity index (χ4v) is 2.81. The van der Waals surface area contributed by atoms with Crippen molar-refractivity contribution in [2.24, 2.45) is 0 Å². The average Bonchev–Trinajstić information content (AvgIpc) is 2.99. The number of aryl methyl sites for hydroxylation is 1. The van der Waals surface area contributed by atoms with Gasteiger partial charge in [0.05, 0.1) is 5.69 Å². The molecule has 24 heavy (non-hydrogen) atoms. The summed E-state index contributed by atoms with van der Waals surface area (Å²) in [5.41, 5.74) is 5.21. The molecule has 0 spiro atoms. The van der Waals surface area contributed by atoms with Crippen LogP contribution in [0.3, 0.4) is 0 Å². The third-order valence-corrected chi connectivity index (χ3v) is 4.18. The summed E-state index contributed by atoms with van der Waals surface area (Å²) < 4.78 is 15.5. The summed E-state index contributed by atoms with van der Waals surface area (Å²) in [4.78, 5) is 4.67. The topological polar surface area (TPSA) is 29.3 Å². The van der Waals surface area contributed by atoms with E-state index in [-0.39, 0.29) is 0 Å². The Kier molecular flexibility index (Phi) is 5.14. The van der Waals surface area contributed by atoms with Gasteiger partial charge in [-0.1, -0.05) is 25.5 Å². The minimum Gasteiger partial charge on any atom is -0.385 e. The summed E-state index contributed by atoms with van der Waals surface area (Å²) in [7, 11) is 0. The van der Waals surface area contributed by atoms with Gasteiger partial charge in [-0.3, -0.25) is 0 Å².